The summed E-state index contributed by atoms with van der Waals surface area (Å²) in [5, 5.41) is 19.6. The Balaban J connectivity index is 4.73. The highest BCUT2D eigenvalue weighted by Gasteiger charge is 2.37. The van der Waals surface area contributed by atoms with Gasteiger partial charge in [-0.05, 0) is 38.6 Å². The minimum absolute atomic E-state index is 0.0456. The van der Waals surface area contributed by atoms with Crippen LogP contribution in [0.1, 0.15) is 33.6 Å². The molecule has 0 radical (unpaired) electrons. The summed E-state index contributed by atoms with van der Waals surface area (Å²) in [5.74, 6) is -0.240. The zero-order valence-corrected chi connectivity index (χ0v) is 12.3. The van der Waals surface area contributed by atoms with Crippen molar-refractivity contribution in [2.45, 2.75) is 45.3 Å². The molecule has 4 N–H and O–H groups in total. The van der Waals surface area contributed by atoms with Gasteiger partial charge in [-0.2, -0.15) is 0 Å². The quantitative estimate of drug-likeness (QED) is 0.152. The topological polar surface area (TPSA) is 152 Å². The highest BCUT2D eigenvalue weighted by molar-refractivity contribution is 5.74. The van der Waals surface area contributed by atoms with E-state index in [-0.39, 0.29) is 23.9 Å². The molecule has 1 amide bonds. The third-order valence-corrected chi connectivity index (χ3v) is 2.22. The molecule has 0 aromatic rings. The lowest BCUT2D eigenvalue weighted by Crippen LogP contribution is -2.47. The van der Waals surface area contributed by atoms with Gasteiger partial charge < -0.3 is 20.6 Å². The SMILES string of the molecule is CC(C)(C)OC(=O)N([C@H](C=O)CCCNC(=N)N)[N+](=O)[O-]. The van der Waals surface area contributed by atoms with Gasteiger partial charge in [0, 0.05) is 6.54 Å². The van der Waals surface area contributed by atoms with Crippen LogP contribution in [0.15, 0.2) is 0 Å². The van der Waals surface area contributed by atoms with Crippen molar-refractivity contribution in [3.63, 3.8) is 0 Å². The molecular formula is C11H21N5O5. The van der Waals surface area contributed by atoms with Crippen molar-refractivity contribution < 1.29 is 19.4 Å². The van der Waals surface area contributed by atoms with E-state index >= 15 is 0 Å². The van der Waals surface area contributed by atoms with Crippen LogP contribution in [0.5, 0.6) is 0 Å². The highest BCUT2D eigenvalue weighted by Crippen LogP contribution is 2.13. The number of nitrogens with two attached hydrogens (primary N) is 1. The number of nitro groups is 1. The molecule has 0 rings (SSSR count). The van der Waals surface area contributed by atoms with E-state index in [1.807, 2.05) is 0 Å². The normalized spacial score (nSPS) is 12.1. The van der Waals surface area contributed by atoms with Gasteiger partial charge in [-0.25, -0.2) is 14.9 Å². The number of hydrogen-bond donors (Lipinski definition) is 3. The van der Waals surface area contributed by atoms with E-state index in [2.05, 4.69) is 5.32 Å². The summed E-state index contributed by atoms with van der Waals surface area (Å²) in [4.78, 5) is 33.8. The van der Waals surface area contributed by atoms with Gasteiger partial charge in [-0.15, -0.1) is 0 Å². The smallest absolute Gasteiger partial charge is 0.440 e. The summed E-state index contributed by atoms with van der Waals surface area (Å²) >= 11 is 0. The first-order valence-corrected chi connectivity index (χ1v) is 6.28. The molecule has 0 aromatic carbocycles. The van der Waals surface area contributed by atoms with E-state index in [9.17, 15) is 19.7 Å². The minimum atomic E-state index is -1.25. The number of ether oxygens (including phenoxy) is 1. The van der Waals surface area contributed by atoms with Gasteiger partial charge in [-0.3, -0.25) is 5.41 Å². The van der Waals surface area contributed by atoms with Crippen LogP contribution in [0.25, 0.3) is 0 Å². The van der Waals surface area contributed by atoms with E-state index in [4.69, 9.17) is 15.9 Å². The van der Waals surface area contributed by atoms with Gasteiger partial charge in [0.1, 0.15) is 11.9 Å². The minimum Gasteiger partial charge on any atom is -0.440 e. The molecule has 21 heavy (non-hydrogen) atoms. The Hall–Kier alpha value is -2.39. The van der Waals surface area contributed by atoms with Crippen molar-refractivity contribution >= 4 is 18.3 Å². The van der Waals surface area contributed by atoms with Crippen molar-refractivity contribution in [2.24, 2.45) is 5.73 Å². The number of hydrogen-bond acceptors (Lipinski definition) is 6. The third kappa shape index (κ3) is 7.70. The first kappa shape index (κ1) is 18.6. The number of rotatable bonds is 7. The summed E-state index contributed by atoms with van der Waals surface area (Å²) in [6.07, 6.45) is -0.509. The number of aldehydes is 1. The number of guanidine groups is 1. The van der Waals surface area contributed by atoms with Crippen molar-refractivity contribution in [1.29, 1.82) is 5.41 Å². The van der Waals surface area contributed by atoms with Crippen LogP contribution in [-0.2, 0) is 9.53 Å². The Labute approximate surface area is 122 Å². The molecule has 0 unspecified atom stereocenters. The Bertz CT molecular complexity index is 406. The highest BCUT2D eigenvalue weighted by atomic mass is 16.7. The molecular weight excluding hydrogens is 282 g/mol. The molecule has 0 heterocycles. The monoisotopic (exact) mass is 303 g/mol. The second-order valence-corrected chi connectivity index (χ2v) is 5.25. The van der Waals surface area contributed by atoms with Crippen molar-refractivity contribution in [3.05, 3.63) is 10.1 Å². The maximum Gasteiger partial charge on any atom is 0.469 e. The largest absolute Gasteiger partial charge is 0.469 e. The molecule has 0 fully saturated rings. The molecule has 0 bridgehead atoms. The number of nitrogens with zero attached hydrogens (tertiary/aromatic N) is 2. The third-order valence-electron chi connectivity index (χ3n) is 2.22. The molecule has 0 spiro atoms. The summed E-state index contributed by atoms with van der Waals surface area (Å²) in [5.41, 5.74) is 4.17. The number of nitrogens with one attached hydrogen (secondary N) is 2. The zero-order valence-electron chi connectivity index (χ0n) is 12.3. The molecule has 0 aromatic heterocycles. The molecule has 0 aliphatic carbocycles. The van der Waals surface area contributed by atoms with Gasteiger partial charge in [0.2, 0.25) is 0 Å². The van der Waals surface area contributed by atoms with Gasteiger partial charge in [0.25, 0.3) is 0 Å². The van der Waals surface area contributed by atoms with Crippen LogP contribution >= 0.6 is 0 Å². The number of carbonyl (C=O) groups excluding carboxylic acids is 2. The number of hydrazine groups is 1. The molecule has 10 nitrogen and oxygen atoms in total. The zero-order chi connectivity index (χ0) is 16.6. The van der Waals surface area contributed by atoms with Gasteiger partial charge in [-0.1, -0.05) is 0 Å². The summed E-state index contributed by atoms with van der Waals surface area (Å²) < 4.78 is 4.91. The lowest BCUT2D eigenvalue weighted by Gasteiger charge is -2.24. The fourth-order valence-electron chi connectivity index (χ4n) is 1.41. The lowest BCUT2D eigenvalue weighted by molar-refractivity contribution is -0.640. The van der Waals surface area contributed by atoms with Crippen LogP contribution in [0.3, 0.4) is 0 Å². The van der Waals surface area contributed by atoms with Crippen LogP contribution < -0.4 is 11.1 Å². The van der Waals surface area contributed by atoms with Gasteiger partial charge in [0.05, 0.1) is 0 Å². The molecule has 0 saturated heterocycles. The van der Waals surface area contributed by atoms with E-state index in [0.29, 0.717) is 12.7 Å². The maximum atomic E-state index is 11.8. The van der Waals surface area contributed by atoms with Crippen molar-refractivity contribution in [3.8, 4) is 0 Å². The number of carbonyl (C=O) groups is 2. The predicted molar refractivity (Wildman–Crippen MR) is 74.1 cm³/mol. The standard InChI is InChI=1S/C11H21N5O5/c1-11(2,3)21-10(18)15(16(19)20)8(7-17)5-4-6-14-9(12)13/h7-8H,4-6H2,1-3H3,(H4,12,13,14)/t8-/m0/s1. The fourth-order valence-corrected chi connectivity index (χ4v) is 1.41. The average Bonchev–Trinajstić information content (AvgIpc) is 2.29. The first-order chi connectivity index (χ1) is 9.58. The van der Waals surface area contributed by atoms with Crippen molar-refractivity contribution in [2.75, 3.05) is 6.54 Å². The summed E-state index contributed by atoms with van der Waals surface area (Å²) in [7, 11) is 0. The van der Waals surface area contributed by atoms with Crippen LogP contribution in [-0.4, -0.2) is 46.6 Å². The second-order valence-electron chi connectivity index (χ2n) is 5.25. The first-order valence-electron chi connectivity index (χ1n) is 6.28. The Kier molecular flexibility index (Phi) is 7.11. The molecule has 120 valence electrons. The van der Waals surface area contributed by atoms with Gasteiger partial charge >= 0.3 is 6.09 Å². The second kappa shape index (κ2) is 8.02. The van der Waals surface area contributed by atoms with Crippen LogP contribution in [0, 0.1) is 15.5 Å². The predicted octanol–water partition coefficient (Wildman–Crippen LogP) is 0.246. The fraction of sp³-hybridized carbons (Fsp3) is 0.727. The molecule has 0 aliphatic rings. The molecule has 0 aliphatic heterocycles. The van der Waals surface area contributed by atoms with Gasteiger partial charge in [0.15, 0.2) is 17.0 Å². The van der Waals surface area contributed by atoms with Crippen molar-refractivity contribution in [1.82, 2.24) is 10.3 Å². The molecule has 0 saturated carbocycles. The summed E-state index contributed by atoms with van der Waals surface area (Å²) in [6, 6.07) is -1.25. The Morgan fingerprint density at radius 3 is 2.52 bits per heavy atom. The van der Waals surface area contributed by atoms with Crippen LogP contribution in [0.2, 0.25) is 0 Å². The van der Waals surface area contributed by atoms with E-state index in [0.717, 1.165) is 0 Å². The Morgan fingerprint density at radius 2 is 2.14 bits per heavy atom. The Morgan fingerprint density at radius 1 is 1.57 bits per heavy atom. The average molecular weight is 303 g/mol. The molecule has 1 atom stereocenters. The molecule has 10 heteroatoms. The van der Waals surface area contributed by atoms with E-state index in [1.165, 1.54) is 0 Å². The maximum absolute atomic E-state index is 11.8. The number of amides is 1. The van der Waals surface area contributed by atoms with E-state index in [1.54, 1.807) is 20.8 Å². The lowest BCUT2D eigenvalue weighted by atomic mass is 10.1. The van der Waals surface area contributed by atoms with E-state index < -0.39 is 22.8 Å². The van der Waals surface area contributed by atoms with Crippen LogP contribution in [0.4, 0.5) is 4.79 Å². The summed E-state index contributed by atoms with van der Waals surface area (Å²) in [6.45, 7) is 4.96.